The predicted molar refractivity (Wildman–Crippen MR) is 78.5 cm³/mol. The van der Waals surface area contributed by atoms with Crippen LogP contribution >= 0.6 is 0 Å². The van der Waals surface area contributed by atoms with E-state index < -0.39 is 15.8 Å². The molecular formula is C14H23FN2O2S. The van der Waals surface area contributed by atoms with Crippen LogP contribution in [0.2, 0.25) is 0 Å². The lowest BCUT2D eigenvalue weighted by atomic mass is 10.2. The third-order valence-electron chi connectivity index (χ3n) is 2.97. The summed E-state index contributed by atoms with van der Waals surface area (Å²) in [5.41, 5.74) is 0.740. The molecule has 0 aliphatic carbocycles. The monoisotopic (exact) mass is 302 g/mol. The summed E-state index contributed by atoms with van der Waals surface area (Å²) in [6.45, 7) is 8.10. The smallest absolute Gasteiger partial charge is 0.243 e. The number of hydrogen-bond acceptors (Lipinski definition) is 3. The van der Waals surface area contributed by atoms with E-state index in [9.17, 15) is 12.8 Å². The van der Waals surface area contributed by atoms with Crippen molar-refractivity contribution in [2.75, 3.05) is 0 Å². The average Bonchev–Trinajstić information content (AvgIpc) is 2.36. The van der Waals surface area contributed by atoms with Crippen molar-refractivity contribution in [3.63, 3.8) is 0 Å². The van der Waals surface area contributed by atoms with Crippen molar-refractivity contribution >= 4 is 10.0 Å². The van der Waals surface area contributed by atoms with Crippen LogP contribution in [0.25, 0.3) is 0 Å². The predicted octanol–water partition coefficient (Wildman–Crippen LogP) is 2.40. The molecule has 114 valence electrons. The van der Waals surface area contributed by atoms with E-state index in [1.165, 1.54) is 12.1 Å². The first-order chi connectivity index (χ1) is 9.26. The highest BCUT2D eigenvalue weighted by molar-refractivity contribution is 7.89. The Balaban J connectivity index is 3.01. The largest absolute Gasteiger partial charge is 0.310 e. The quantitative estimate of drug-likeness (QED) is 0.813. The molecule has 0 heterocycles. The summed E-state index contributed by atoms with van der Waals surface area (Å²) in [6.07, 6.45) is 0.648. The Morgan fingerprint density at radius 2 is 1.90 bits per heavy atom. The Morgan fingerprint density at radius 3 is 2.45 bits per heavy atom. The summed E-state index contributed by atoms with van der Waals surface area (Å²) in [4.78, 5) is -0.291. The molecule has 0 amide bonds. The normalized spacial score (nSPS) is 13.7. The Labute approximate surface area is 120 Å². The summed E-state index contributed by atoms with van der Waals surface area (Å²) in [7, 11) is -3.82. The van der Waals surface area contributed by atoms with E-state index in [0.717, 1.165) is 5.56 Å². The Hall–Kier alpha value is -0.980. The van der Waals surface area contributed by atoms with Gasteiger partial charge in [-0.15, -0.1) is 0 Å². The molecule has 1 aromatic carbocycles. The SMILES string of the molecule is CCC(C)NS(=O)(=O)c1cc(CNC(C)C)ccc1F. The highest BCUT2D eigenvalue weighted by Crippen LogP contribution is 2.17. The lowest BCUT2D eigenvalue weighted by Gasteiger charge is -2.14. The average molecular weight is 302 g/mol. The van der Waals surface area contributed by atoms with E-state index in [1.807, 2.05) is 20.8 Å². The van der Waals surface area contributed by atoms with E-state index in [2.05, 4.69) is 10.0 Å². The van der Waals surface area contributed by atoms with Crippen LogP contribution in [0.1, 0.15) is 39.7 Å². The van der Waals surface area contributed by atoms with Crippen molar-refractivity contribution in [2.45, 2.75) is 57.6 Å². The third-order valence-corrected chi connectivity index (χ3v) is 4.57. The third kappa shape index (κ3) is 4.85. The minimum absolute atomic E-state index is 0.225. The minimum Gasteiger partial charge on any atom is -0.310 e. The minimum atomic E-state index is -3.82. The van der Waals surface area contributed by atoms with E-state index in [0.29, 0.717) is 13.0 Å². The van der Waals surface area contributed by atoms with Gasteiger partial charge < -0.3 is 5.32 Å². The van der Waals surface area contributed by atoms with Crippen LogP contribution in [0.15, 0.2) is 23.1 Å². The van der Waals surface area contributed by atoms with Crippen LogP contribution in [0.4, 0.5) is 4.39 Å². The van der Waals surface area contributed by atoms with Crippen LogP contribution in [0.3, 0.4) is 0 Å². The summed E-state index contributed by atoms with van der Waals surface area (Å²) in [5.74, 6) is -0.728. The van der Waals surface area contributed by atoms with Crippen LogP contribution < -0.4 is 10.0 Å². The lowest BCUT2D eigenvalue weighted by molar-refractivity contribution is 0.537. The first kappa shape index (κ1) is 17.1. The van der Waals surface area contributed by atoms with Gasteiger partial charge in [-0.3, -0.25) is 0 Å². The zero-order valence-electron chi connectivity index (χ0n) is 12.4. The molecule has 1 aromatic rings. The van der Waals surface area contributed by atoms with Crippen LogP contribution in [-0.2, 0) is 16.6 Å². The van der Waals surface area contributed by atoms with Gasteiger partial charge in [-0.25, -0.2) is 17.5 Å². The fourth-order valence-electron chi connectivity index (χ4n) is 1.60. The number of benzene rings is 1. The number of halogens is 1. The molecule has 0 saturated heterocycles. The molecule has 1 unspecified atom stereocenters. The summed E-state index contributed by atoms with van der Waals surface area (Å²) in [5, 5.41) is 3.17. The Bertz CT molecular complexity index is 544. The molecule has 0 saturated carbocycles. The molecule has 1 rings (SSSR count). The zero-order chi connectivity index (χ0) is 15.3. The molecule has 0 spiro atoms. The number of rotatable bonds is 7. The molecule has 0 radical (unpaired) electrons. The molecule has 0 aliphatic rings. The second-order valence-corrected chi connectivity index (χ2v) is 6.91. The lowest BCUT2D eigenvalue weighted by Crippen LogP contribution is -2.32. The molecular weight excluding hydrogens is 279 g/mol. The van der Waals surface area contributed by atoms with Gasteiger partial charge in [-0.2, -0.15) is 0 Å². The van der Waals surface area contributed by atoms with Crippen molar-refractivity contribution in [3.05, 3.63) is 29.6 Å². The van der Waals surface area contributed by atoms with Crippen LogP contribution in [0.5, 0.6) is 0 Å². The molecule has 4 nitrogen and oxygen atoms in total. The Kier molecular flexibility index (Phi) is 6.10. The highest BCUT2D eigenvalue weighted by Gasteiger charge is 2.21. The molecule has 20 heavy (non-hydrogen) atoms. The molecule has 0 bridgehead atoms. The summed E-state index contributed by atoms with van der Waals surface area (Å²) in [6, 6.07) is 4.22. The standard InChI is InChI=1S/C14H23FN2O2S/c1-5-11(4)17-20(18,19)14-8-12(6-7-13(14)15)9-16-10(2)3/h6-8,10-11,16-17H,5,9H2,1-4H3. The van der Waals surface area contributed by atoms with Crippen LogP contribution in [0, 0.1) is 5.82 Å². The van der Waals surface area contributed by atoms with Crippen LogP contribution in [-0.4, -0.2) is 20.5 Å². The van der Waals surface area contributed by atoms with E-state index in [1.54, 1.807) is 13.0 Å². The zero-order valence-corrected chi connectivity index (χ0v) is 13.2. The topological polar surface area (TPSA) is 58.2 Å². The molecule has 0 aromatic heterocycles. The first-order valence-corrected chi connectivity index (χ1v) is 8.28. The molecule has 0 fully saturated rings. The fraction of sp³-hybridized carbons (Fsp3) is 0.571. The number of hydrogen-bond donors (Lipinski definition) is 2. The van der Waals surface area contributed by atoms with Gasteiger partial charge in [0.2, 0.25) is 10.0 Å². The van der Waals surface area contributed by atoms with Crippen molar-refractivity contribution in [2.24, 2.45) is 0 Å². The van der Waals surface area contributed by atoms with Gasteiger partial charge in [0, 0.05) is 18.6 Å². The number of sulfonamides is 1. The molecule has 0 aliphatic heterocycles. The maximum absolute atomic E-state index is 13.8. The van der Waals surface area contributed by atoms with Gasteiger partial charge in [0.15, 0.2) is 0 Å². The van der Waals surface area contributed by atoms with Gasteiger partial charge in [-0.05, 0) is 31.0 Å². The second kappa shape index (κ2) is 7.15. The van der Waals surface area contributed by atoms with Gasteiger partial charge >= 0.3 is 0 Å². The van der Waals surface area contributed by atoms with Crippen molar-refractivity contribution in [1.29, 1.82) is 0 Å². The van der Waals surface area contributed by atoms with Crippen molar-refractivity contribution in [1.82, 2.24) is 10.0 Å². The number of nitrogens with one attached hydrogen (secondary N) is 2. The molecule has 1 atom stereocenters. The summed E-state index contributed by atoms with van der Waals surface area (Å²) >= 11 is 0. The van der Waals surface area contributed by atoms with E-state index in [4.69, 9.17) is 0 Å². The van der Waals surface area contributed by atoms with Crippen molar-refractivity contribution in [3.8, 4) is 0 Å². The highest BCUT2D eigenvalue weighted by atomic mass is 32.2. The maximum Gasteiger partial charge on any atom is 0.243 e. The summed E-state index contributed by atoms with van der Waals surface area (Å²) < 4.78 is 40.5. The van der Waals surface area contributed by atoms with E-state index in [-0.39, 0.29) is 17.0 Å². The first-order valence-electron chi connectivity index (χ1n) is 6.80. The maximum atomic E-state index is 13.8. The van der Waals surface area contributed by atoms with Crippen molar-refractivity contribution < 1.29 is 12.8 Å². The van der Waals surface area contributed by atoms with Gasteiger partial charge in [0.25, 0.3) is 0 Å². The van der Waals surface area contributed by atoms with E-state index >= 15 is 0 Å². The molecule has 2 N–H and O–H groups in total. The van der Waals surface area contributed by atoms with Gasteiger partial charge in [0.05, 0.1) is 0 Å². The van der Waals surface area contributed by atoms with Gasteiger partial charge in [0.1, 0.15) is 10.7 Å². The van der Waals surface area contributed by atoms with Gasteiger partial charge in [-0.1, -0.05) is 26.8 Å². The fourth-order valence-corrected chi connectivity index (χ4v) is 3.05. The second-order valence-electron chi connectivity index (χ2n) is 5.23. The molecule has 6 heteroatoms. The Morgan fingerprint density at radius 1 is 1.25 bits per heavy atom.